The number of amides is 2. The summed E-state index contributed by atoms with van der Waals surface area (Å²) in [5, 5.41) is 0. The van der Waals surface area contributed by atoms with Gasteiger partial charge in [0.2, 0.25) is 5.91 Å². The molecule has 34 heavy (non-hydrogen) atoms. The van der Waals surface area contributed by atoms with Crippen LogP contribution in [0.1, 0.15) is 50.2 Å². The Morgan fingerprint density at radius 1 is 1.29 bits per heavy atom. The number of hydrogen-bond donors (Lipinski definition) is 1. The summed E-state index contributed by atoms with van der Waals surface area (Å²) >= 11 is 6.68. The maximum atomic E-state index is 13.6. The number of piperidine rings is 1. The van der Waals surface area contributed by atoms with E-state index in [9.17, 15) is 14.4 Å². The second-order valence-corrected chi connectivity index (χ2v) is 10.4. The molecule has 0 aromatic carbocycles. The zero-order valence-electron chi connectivity index (χ0n) is 19.5. The van der Waals surface area contributed by atoms with Gasteiger partial charge >= 0.3 is 0 Å². The van der Waals surface area contributed by atoms with Crippen molar-refractivity contribution >= 4 is 57.7 Å². The summed E-state index contributed by atoms with van der Waals surface area (Å²) in [6.07, 6.45) is 7.49. The van der Waals surface area contributed by atoms with Crippen LogP contribution in [0, 0.1) is 12.8 Å². The average Bonchev–Trinajstić information content (AvgIpc) is 3.08. The van der Waals surface area contributed by atoms with Gasteiger partial charge in [0.25, 0.3) is 11.5 Å². The van der Waals surface area contributed by atoms with Gasteiger partial charge in [-0.05, 0) is 43.9 Å². The van der Waals surface area contributed by atoms with Gasteiger partial charge < -0.3 is 10.6 Å². The molecule has 2 N–H and O–H groups in total. The van der Waals surface area contributed by atoms with E-state index in [1.807, 2.05) is 17.9 Å². The van der Waals surface area contributed by atoms with Crippen LogP contribution in [0.25, 0.3) is 11.7 Å². The summed E-state index contributed by atoms with van der Waals surface area (Å²) < 4.78 is 2.03. The lowest BCUT2D eigenvalue weighted by molar-refractivity contribution is -0.123. The molecule has 4 rings (SSSR count). The molecule has 8 nitrogen and oxygen atoms in total. The number of aromatic nitrogens is 2. The number of primary amides is 1. The van der Waals surface area contributed by atoms with Crippen LogP contribution >= 0.6 is 24.0 Å². The van der Waals surface area contributed by atoms with E-state index in [-0.39, 0.29) is 23.3 Å². The number of anilines is 1. The van der Waals surface area contributed by atoms with Crippen molar-refractivity contribution in [3.63, 3.8) is 0 Å². The third-order valence-electron chi connectivity index (χ3n) is 6.40. The molecule has 0 unspecified atom stereocenters. The highest BCUT2D eigenvalue weighted by Gasteiger charge is 2.33. The van der Waals surface area contributed by atoms with Gasteiger partial charge in [0, 0.05) is 31.7 Å². The fourth-order valence-electron chi connectivity index (χ4n) is 4.39. The number of thiocarbonyl (C=S) groups is 1. The number of carbonyl (C=O) groups is 2. The second-order valence-electron chi connectivity index (χ2n) is 8.74. The van der Waals surface area contributed by atoms with Crippen molar-refractivity contribution in [2.75, 3.05) is 24.5 Å². The van der Waals surface area contributed by atoms with Gasteiger partial charge in [-0.3, -0.25) is 23.7 Å². The van der Waals surface area contributed by atoms with Crippen molar-refractivity contribution < 1.29 is 9.59 Å². The number of nitrogens with zero attached hydrogens (tertiary/aromatic N) is 4. The molecule has 2 saturated heterocycles. The number of carbonyl (C=O) groups excluding carboxylic acids is 2. The summed E-state index contributed by atoms with van der Waals surface area (Å²) in [6, 6.07) is 3.71. The minimum absolute atomic E-state index is 0.168. The topological polar surface area (TPSA) is 101 Å². The molecule has 0 bridgehead atoms. The zero-order valence-corrected chi connectivity index (χ0v) is 21.1. The highest BCUT2D eigenvalue weighted by molar-refractivity contribution is 8.26. The molecule has 2 aromatic rings. The van der Waals surface area contributed by atoms with Crippen LogP contribution in [-0.2, 0) is 9.59 Å². The first kappa shape index (κ1) is 24.4. The predicted molar refractivity (Wildman–Crippen MR) is 140 cm³/mol. The van der Waals surface area contributed by atoms with Crippen LogP contribution in [0.15, 0.2) is 28.0 Å². The lowest BCUT2D eigenvalue weighted by Gasteiger charge is -2.32. The molecule has 0 radical (unpaired) electrons. The minimum Gasteiger partial charge on any atom is -0.369 e. The third-order valence-corrected chi connectivity index (χ3v) is 7.77. The third kappa shape index (κ3) is 4.74. The van der Waals surface area contributed by atoms with Crippen molar-refractivity contribution in [2.24, 2.45) is 11.7 Å². The van der Waals surface area contributed by atoms with Crippen LogP contribution in [-0.4, -0.2) is 50.1 Å². The monoisotopic (exact) mass is 499 g/mol. The molecule has 0 aliphatic carbocycles. The fraction of sp³-hybridized carbons (Fsp3) is 0.458. The maximum Gasteiger partial charge on any atom is 0.267 e. The largest absolute Gasteiger partial charge is 0.369 e. The van der Waals surface area contributed by atoms with Crippen molar-refractivity contribution in [2.45, 2.75) is 46.0 Å². The van der Waals surface area contributed by atoms with Gasteiger partial charge in [0.1, 0.15) is 15.8 Å². The van der Waals surface area contributed by atoms with E-state index in [0.29, 0.717) is 58.7 Å². The Balaban J connectivity index is 1.76. The summed E-state index contributed by atoms with van der Waals surface area (Å²) in [7, 11) is 0. The van der Waals surface area contributed by atoms with E-state index in [1.165, 1.54) is 16.2 Å². The Hall–Kier alpha value is -2.72. The molecule has 2 aromatic heterocycles. The summed E-state index contributed by atoms with van der Waals surface area (Å²) in [6.45, 7) is 5.71. The van der Waals surface area contributed by atoms with Gasteiger partial charge in [0.05, 0.1) is 10.5 Å². The maximum absolute atomic E-state index is 13.6. The van der Waals surface area contributed by atoms with Crippen LogP contribution in [0.4, 0.5) is 5.82 Å². The minimum atomic E-state index is -0.297. The lowest BCUT2D eigenvalue weighted by Crippen LogP contribution is -2.40. The van der Waals surface area contributed by atoms with E-state index >= 15 is 0 Å². The van der Waals surface area contributed by atoms with Crippen LogP contribution < -0.4 is 16.2 Å². The molecular weight excluding hydrogens is 470 g/mol. The van der Waals surface area contributed by atoms with Crippen LogP contribution in [0.2, 0.25) is 0 Å². The molecular formula is C24H29N5O3S2. The number of aryl methyl sites for hydroxylation is 1. The molecule has 2 aliphatic rings. The fourth-order valence-corrected chi connectivity index (χ4v) is 5.68. The lowest BCUT2D eigenvalue weighted by atomic mass is 9.96. The Morgan fingerprint density at radius 3 is 2.71 bits per heavy atom. The number of fused-ring (bicyclic) bond motifs is 1. The van der Waals surface area contributed by atoms with E-state index in [0.717, 1.165) is 24.8 Å². The summed E-state index contributed by atoms with van der Waals surface area (Å²) in [5.74, 6) is -0.118. The number of unbranched alkanes of at least 4 members (excludes halogenated alkanes) is 2. The van der Waals surface area contributed by atoms with Crippen molar-refractivity contribution in [1.29, 1.82) is 0 Å². The Kier molecular flexibility index (Phi) is 7.37. The van der Waals surface area contributed by atoms with Gasteiger partial charge in [-0.25, -0.2) is 4.98 Å². The van der Waals surface area contributed by atoms with E-state index in [4.69, 9.17) is 22.9 Å². The average molecular weight is 500 g/mol. The number of hydrogen-bond acceptors (Lipinski definition) is 7. The van der Waals surface area contributed by atoms with Crippen LogP contribution in [0.5, 0.6) is 0 Å². The van der Waals surface area contributed by atoms with Gasteiger partial charge in [-0.2, -0.15) is 0 Å². The molecule has 2 aliphatic heterocycles. The Bertz CT molecular complexity index is 1230. The summed E-state index contributed by atoms with van der Waals surface area (Å²) in [4.78, 5) is 47.3. The van der Waals surface area contributed by atoms with Gasteiger partial charge in [0.15, 0.2) is 0 Å². The highest BCUT2D eigenvalue weighted by atomic mass is 32.2. The number of thioether (sulfide) groups is 1. The number of rotatable bonds is 7. The van der Waals surface area contributed by atoms with Crippen molar-refractivity contribution in [3.8, 4) is 0 Å². The van der Waals surface area contributed by atoms with Crippen molar-refractivity contribution in [3.05, 3.63) is 44.7 Å². The molecule has 4 heterocycles. The molecule has 0 saturated carbocycles. The first-order chi connectivity index (χ1) is 16.3. The smallest absolute Gasteiger partial charge is 0.267 e. The quantitative estimate of drug-likeness (QED) is 0.355. The van der Waals surface area contributed by atoms with E-state index in [2.05, 4.69) is 6.92 Å². The van der Waals surface area contributed by atoms with Gasteiger partial charge in [-0.15, -0.1) is 0 Å². The van der Waals surface area contributed by atoms with E-state index in [1.54, 1.807) is 23.2 Å². The van der Waals surface area contributed by atoms with Gasteiger partial charge in [-0.1, -0.05) is 49.8 Å². The standard InChI is InChI=1S/C24H29N5O3S2/c1-3-4-5-10-29-23(32)18(34-24(29)33)14-17-21(27-12-8-16(9-13-27)19(25)30)26-20-15(2)7-6-11-28(20)22(17)31/h6-7,11,14,16H,3-5,8-10,12-13H2,1-2H3,(H2,25,30)/b18-14-. The van der Waals surface area contributed by atoms with Crippen LogP contribution in [0.3, 0.4) is 0 Å². The highest BCUT2D eigenvalue weighted by Crippen LogP contribution is 2.34. The second kappa shape index (κ2) is 10.3. The Labute approximate surface area is 208 Å². The molecule has 2 amide bonds. The molecule has 180 valence electrons. The first-order valence-electron chi connectivity index (χ1n) is 11.6. The number of pyridine rings is 1. The summed E-state index contributed by atoms with van der Waals surface area (Å²) in [5.41, 5.74) is 7.07. The normalized spacial score (nSPS) is 18.5. The Morgan fingerprint density at radius 2 is 2.03 bits per heavy atom. The predicted octanol–water partition coefficient (Wildman–Crippen LogP) is 3.10. The van der Waals surface area contributed by atoms with Crippen molar-refractivity contribution in [1.82, 2.24) is 14.3 Å². The SMILES string of the molecule is CCCCCN1C(=O)/C(=C/c2c(N3CCC(C(N)=O)CC3)nc3c(C)cccn3c2=O)SC1=S. The molecule has 10 heteroatoms. The molecule has 2 fully saturated rings. The molecule has 0 atom stereocenters. The molecule has 0 spiro atoms. The first-order valence-corrected chi connectivity index (χ1v) is 12.9. The van der Waals surface area contributed by atoms with E-state index < -0.39 is 0 Å². The zero-order chi connectivity index (χ0) is 24.4. The number of nitrogens with two attached hydrogens (primary N) is 1.